The molecule has 0 saturated heterocycles. The second-order valence-corrected chi connectivity index (χ2v) is 6.33. The standard InChI is InChI=1S/C21H21FN2O4/c1-27-18-9-15-6-7-24(21(26)11-16(15)10-19(18)28-2)13-20(25)23-12-14-4-3-5-17(22)8-14/h3-10H,11-13H2,1-2H3,(H,23,25). The third-order valence-electron chi connectivity index (χ3n) is 4.43. The van der Waals surface area contributed by atoms with Crippen LogP contribution in [0.1, 0.15) is 16.7 Å². The second-order valence-electron chi connectivity index (χ2n) is 6.33. The van der Waals surface area contributed by atoms with E-state index < -0.39 is 0 Å². The molecule has 1 N–H and O–H groups in total. The predicted molar refractivity (Wildman–Crippen MR) is 102 cm³/mol. The van der Waals surface area contributed by atoms with Gasteiger partial charge in [0, 0.05) is 12.7 Å². The Morgan fingerprint density at radius 2 is 1.93 bits per heavy atom. The number of amides is 2. The van der Waals surface area contributed by atoms with Crippen molar-refractivity contribution < 1.29 is 23.5 Å². The van der Waals surface area contributed by atoms with Crippen LogP contribution in [-0.4, -0.2) is 37.5 Å². The fourth-order valence-corrected chi connectivity index (χ4v) is 2.96. The van der Waals surface area contributed by atoms with Crippen molar-refractivity contribution >= 4 is 17.9 Å². The number of halogens is 1. The molecule has 0 spiro atoms. The Bertz CT molecular complexity index is 927. The molecular formula is C21H21FN2O4. The van der Waals surface area contributed by atoms with Gasteiger partial charge in [-0.15, -0.1) is 0 Å². The van der Waals surface area contributed by atoms with E-state index in [-0.39, 0.29) is 37.1 Å². The number of nitrogens with zero attached hydrogens (tertiary/aromatic N) is 1. The second kappa shape index (κ2) is 8.56. The quantitative estimate of drug-likeness (QED) is 0.831. The lowest BCUT2D eigenvalue weighted by Crippen LogP contribution is -2.37. The zero-order valence-electron chi connectivity index (χ0n) is 15.7. The molecule has 0 bridgehead atoms. The molecular weight excluding hydrogens is 363 g/mol. The van der Waals surface area contributed by atoms with Gasteiger partial charge >= 0.3 is 0 Å². The van der Waals surface area contributed by atoms with Crippen molar-refractivity contribution in [3.8, 4) is 11.5 Å². The topological polar surface area (TPSA) is 67.9 Å². The number of fused-ring (bicyclic) bond motifs is 1. The van der Waals surface area contributed by atoms with Gasteiger partial charge in [0.15, 0.2) is 11.5 Å². The lowest BCUT2D eigenvalue weighted by molar-refractivity contribution is -0.132. The van der Waals surface area contributed by atoms with Gasteiger partial charge in [-0.1, -0.05) is 12.1 Å². The number of rotatable bonds is 6. The Morgan fingerprint density at radius 3 is 2.64 bits per heavy atom. The van der Waals surface area contributed by atoms with Gasteiger partial charge in [0.1, 0.15) is 12.4 Å². The molecule has 0 aromatic heterocycles. The van der Waals surface area contributed by atoms with Crippen LogP contribution in [0.4, 0.5) is 4.39 Å². The molecule has 2 aromatic rings. The Hall–Kier alpha value is -3.35. The summed E-state index contributed by atoms with van der Waals surface area (Å²) in [5.41, 5.74) is 2.27. The minimum absolute atomic E-state index is 0.118. The van der Waals surface area contributed by atoms with Gasteiger partial charge in [0.2, 0.25) is 11.8 Å². The van der Waals surface area contributed by atoms with E-state index >= 15 is 0 Å². The summed E-state index contributed by atoms with van der Waals surface area (Å²) < 4.78 is 23.8. The van der Waals surface area contributed by atoms with Crippen molar-refractivity contribution in [1.82, 2.24) is 10.2 Å². The molecule has 3 rings (SSSR count). The molecule has 2 amide bonds. The summed E-state index contributed by atoms with van der Waals surface area (Å²) in [4.78, 5) is 26.1. The summed E-state index contributed by atoms with van der Waals surface area (Å²) in [6.07, 6.45) is 3.49. The summed E-state index contributed by atoms with van der Waals surface area (Å²) in [6.45, 7) is 0.0733. The number of methoxy groups -OCH3 is 2. The molecule has 0 radical (unpaired) electrons. The molecule has 146 valence electrons. The fourth-order valence-electron chi connectivity index (χ4n) is 2.96. The summed E-state index contributed by atoms with van der Waals surface area (Å²) in [6, 6.07) is 9.56. The van der Waals surface area contributed by atoms with Crippen molar-refractivity contribution in [2.45, 2.75) is 13.0 Å². The number of benzene rings is 2. The molecule has 0 aliphatic carbocycles. The van der Waals surface area contributed by atoms with E-state index in [1.807, 2.05) is 0 Å². The van der Waals surface area contributed by atoms with Crippen molar-refractivity contribution in [2.75, 3.05) is 20.8 Å². The summed E-state index contributed by atoms with van der Waals surface area (Å²) in [5, 5.41) is 2.70. The Kier molecular flexibility index (Phi) is 5.93. The highest BCUT2D eigenvalue weighted by Crippen LogP contribution is 2.32. The number of carbonyl (C=O) groups excluding carboxylic acids is 2. The van der Waals surface area contributed by atoms with Crippen LogP contribution in [0.5, 0.6) is 11.5 Å². The molecule has 1 aliphatic heterocycles. The van der Waals surface area contributed by atoms with Crippen LogP contribution in [0, 0.1) is 5.82 Å². The highest BCUT2D eigenvalue weighted by Gasteiger charge is 2.21. The third-order valence-corrected chi connectivity index (χ3v) is 4.43. The summed E-state index contributed by atoms with van der Waals surface area (Å²) in [7, 11) is 3.08. The van der Waals surface area contributed by atoms with E-state index in [1.165, 1.54) is 24.1 Å². The van der Waals surface area contributed by atoms with Gasteiger partial charge in [-0.05, 0) is 47.0 Å². The van der Waals surface area contributed by atoms with Crippen molar-refractivity contribution in [1.29, 1.82) is 0 Å². The molecule has 0 unspecified atom stereocenters. The van der Waals surface area contributed by atoms with Crippen LogP contribution >= 0.6 is 0 Å². The minimum Gasteiger partial charge on any atom is -0.493 e. The summed E-state index contributed by atoms with van der Waals surface area (Å²) >= 11 is 0. The van der Waals surface area contributed by atoms with E-state index in [0.717, 1.165) is 11.1 Å². The number of hydrogen-bond acceptors (Lipinski definition) is 4. The molecule has 7 heteroatoms. The van der Waals surface area contributed by atoms with Crippen LogP contribution in [0.3, 0.4) is 0 Å². The van der Waals surface area contributed by atoms with Crippen LogP contribution in [0.2, 0.25) is 0 Å². The van der Waals surface area contributed by atoms with E-state index in [9.17, 15) is 14.0 Å². The molecule has 28 heavy (non-hydrogen) atoms. The number of carbonyl (C=O) groups is 2. The van der Waals surface area contributed by atoms with Crippen molar-refractivity contribution in [2.24, 2.45) is 0 Å². The largest absolute Gasteiger partial charge is 0.493 e. The molecule has 0 fully saturated rings. The first kappa shape index (κ1) is 19.4. The van der Waals surface area contributed by atoms with Crippen LogP contribution < -0.4 is 14.8 Å². The molecule has 1 aliphatic rings. The van der Waals surface area contributed by atoms with Gasteiger partial charge < -0.3 is 19.7 Å². The summed E-state index contributed by atoms with van der Waals surface area (Å²) in [5.74, 6) is 0.218. The van der Waals surface area contributed by atoms with Crippen LogP contribution in [0.25, 0.3) is 6.08 Å². The van der Waals surface area contributed by atoms with E-state index in [2.05, 4.69) is 5.32 Å². The van der Waals surface area contributed by atoms with E-state index in [1.54, 1.807) is 43.7 Å². The monoisotopic (exact) mass is 384 g/mol. The molecule has 6 nitrogen and oxygen atoms in total. The van der Waals surface area contributed by atoms with Gasteiger partial charge in [-0.25, -0.2) is 4.39 Å². The average molecular weight is 384 g/mol. The van der Waals surface area contributed by atoms with E-state index in [4.69, 9.17) is 9.47 Å². The molecule has 2 aromatic carbocycles. The maximum atomic E-state index is 13.2. The first-order chi connectivity index (χ1) is 13.5. The third kappa shape index (κ3) is 4.49. The maximum Gasteiger partial charge on any atom is 0.240 e. The predicted octanol–water partition coefficient (Wildman–Crippen LogP) is 2.51. The van der Waals surface area contributed by atoms with Crippen molar-refractivity contribution in [3.05, 3.63) is 65.1 Å². The number of nitrogens with one attached hydrogen (secondary N) is 1. The highest BCUT2D eigenvalue weighted by molar-refractivity contribution is 5.89. The van der Waals surface area contributed by atoms with Gasteiger partial charge in [-0.2, -0.15) is 0 Å². The van der Waals surface area contributed by atoms with Gasteiger partial charge in [0.05, 0.1) is 20.6 Å². The maximum absolute atomic E-state index is 13.2. The lowest BCUT2D eigenvalue weighted by Gasteiger charge is -2.17. The Labute approximate surface area is 162 Å². The van der Waals surface area contributed by atoms with Crippen LogP contribution in [0.15, 0.2) is 42.6 Å². The molecule has 0 atom stereocenters. The highest BCUT2D eigenvalue weighted by atomic mass is 19.1. The zero-order chi connectivity index (χ0) is 20.1. The van der Waals surface area contributed by atoms with Crippen LogP contribution in [-0.2, 0) is 22.6 Å². The normalized spacial score (nSPS) is 13.0. The number of hydrogen-bond donors (Lipinski definition) is 1. The SMILES string of the molecule is COc1cc2c(cc1OC)CC(=O)N(CC(=O)NCc1cccc(F)c1)C=C2. The average Bonchev–Trinajstić information content (AvgIpc) is 2.83. The Morgan fingerprint density at radius 1 is 1.18 bits per heavy atom. The minimum atomic E-state index is -0.360. The van der Waals surface area contributed by atoms with Gasteiger partial charge in [-0.3, -0.25) is 9.59 Å². The van der Waals surface area contributed by atoms with Crippen molar-refractivity contribution in [3.63, 3.8) is 0 Å². The first-order valence-electron chi connectivity index (χ1n) is 8.74. The Balaban J connectivity index is 1.67. The smallest absolute Gasteiger partial charge is 0.240 e. The zero-order valence-corrected chi connectivity index (χ0v) is 15.7. The van der Waals surface area contributed by atoms with E-state index in [0.29, 0.717) is 17.1 Å². The number of ether oxygens (including phenoxy) is 2. The molecule has 0 saturated carbocycles. The molecule has 1 heterocycles. The lowest BCUT2D eigenvalue weighted by atomic mass is 10.0. The first-order valence-corrected chi connectivity index (χ1v) is 8.74. The van der Waals surface area contributed by atoms with Gasteiger partial charge in [0.25, 0.3) is 0 Å². The fraction of sp³-hybridized carbons (Fsp3) is 0.238.